The van der Waals surface area contributed by atoms with Crippen molar-refractivity contribution in [3.8, 4) is 0 Å². The van der Waals surface area contributed by atoms with Gasteiger partial charge in [-0.2, -0.15) is 0 Å². The van der Waals surface area contributed by atoms with Gasteiger partial charge in [0.1, 0.15) is 0 Å². The van der Waals surface area contributed by atoms with Crippen LogP contribution in [-0.4, -0.2) is 305 Å². The van der Waals surface area contributed by atoms with Crippen LogP contribution in [0.3, 0.4) is 0 Å². The SMILES string of the molecule is C.C.C=C1CCC=CCN1C.C=C1CCCCCN1C.C=C1CCCCN1C.CC.CC.CC.CC.CC.CC.CC.CC.CC.CC.CC.CC.CC.CN1CC=CCC1.CN1CC=CCCC1.CN1CCC=CCC1.CN1CCCC1.CN1CCCC1=O.CN1CCCCC1.CN1CCCCC1.CN1CCCCCC1.CN1CCCCCC1.CN1CCCCCC1. The molecule has 0 unspecified atom stereocenters. The third-order valence-corrected chi connectivity index (χ3v) is 21.0. The molecule has 0 aliphatic carbocycles. The molecule has 0 spiro atoms. The number of rotatable bonds is 0. The summed E-state index contributed by atoms with van der Waals surface area (Å²) < 4.78 is 0. The molecule has 1 amide bonds. The number of allylic oxidation sites excluding steroid dienone is 5. The predicted molar refractivity (Wildman–Crippen MR) is 604 cm³/mol. The van der Waals surface area contributed by atoms with Crippen molar-refractivity contribution in [1.82, 2.24) is 63.7 Å². The van der Waals surface area contributed by atoms with E-state index in [2.05, 4.69) is 212 Å². The quantitative estimate of drug-likeness (QED) is 0.217. The van der Waals surface area contributed by atoms with Gasteiger partial charge in [-0.25, -0.2) is 0 Å². The standard InChI is InChI=1S/C8H15N.C8H13N.C7H13N.3C7H15N.2C7H13N.2C6H13N.C6H11N.C5H9NO.C5H11N.13C2H6.2CH4/c2*1-8-6-4-3-5-7-9(8)2;1-7-5-3-4-6-8(7)2;5*1-8-6-4-2-3-5-7-8;3*1-7-5-3-2-4-6-7;1-6-4-2-3-5(6)7;1-6-4-2-3-5-6;13*1-2;;/h1,3-7H2,2H3;3,5H,1,4,6-7H2,2H3;1,3-6H2,2H3;3*2-7H2,1H3;2,4H,3,5-7H2,1H3;2-3H,4-7H2,1H3;2*2-6H2,1H3;2-3H,4-6H2,1H3;2-4H2,1H3;2-5H2,1H3;13*1-2H3;2*1H4. The number of nitrogens with zero attached hydrogens (tertiary/aromatic N) is 13. The first kappa shape index (κ1) is 159. The highest BCUT2D eigenvalue weighted by atomic mass is 16.2. The zero-order valence-electron chi connectivity index (χ0n) is 95.0. The average molecular weight is 1820 g/mol. The molecule has 14 nitrogen and oxygen atoms in total. The van der Waals surface area contributed by atoms with E-state index >= 15 is 0 Å². The van der Waals surface area contributed by atoms with Gasteiger partial charge in [0.15, 0.2) is 0 Å². The van der Waals surface area contributed by atoms with E-state index in [1.807, 2.05) is 187 Å². The molecule has 9 fully saturated rings. The van der Waals surface area contributed by atoms with Crippen LogP contribution in [0.15, 0.2) is 85.4 Å². The Kier molecular flexibility index (Phi) is 178. The van der Waals surface area contributed by atoms with Crippen molar-refractivity contribution < 1.29 is 4.79 Å². The first-order valence-corrected chi connectivity index (χ1v) is 54.4. The van der Waals surface area contributed by atoms with Crippen LogP contribution >= 0.6 is 0 Å². The van der Waals surface area contributed by atoms with Gasteiger partial charge in [0, 0.05) is 111 Å². The summed E-state index contributed by atoms with van der Waals surface area (Å²) >= 11 is 0. The summed E-state index contributed by atoms with van der Waals surface area (Å²) in [5.74, 6) is 0.292. The van der Waals surface area contributed by atoms with Crippen LogP contribution in [0.5, 0.6) is 0 Å². The van der Waals surface area contributed by atoms with Gasteiger partial charge in [0.2, 0.25) is 5.91 Å². The topological polar surface area (TPSA) is 59.2 Å². The highest BCUT2D eigenvalue weighted by molar-refractivity contribution is 5.77. The molecule has 0 radical (unpaired) electrons. The average Bonchev–Trinajstić information content (AvgIpc) is 1.22. The molecule has 0 aromatic rings. The second-order valence-corrected chi connectivity index (χ2v) is 31.3. The molecule has 14 heteroatoms. The number of carbonyl (C=O) groups excluding carboxylic acids is 1. The van der Waals surface area contributed by atoms with Crippen LogP contribution in [0.25, 0.3) is 0 Å². The molecule has 13 aliphatic rings. The molecule has 9 saturated heterocycles. The minimum Gasteiger partial charge on any atom is -0.378 e. The van der Waals surface area contributed by atoms with Gasteiger partial charge < -0.3 is 63.7 Å². The minimum absolute atomic E-state index is 0. The normalized spacial score (nSPS) is 18.9. The van der Waals surface area contributed by atoms with Crippen molar-refractivity contribution in [1.29, 1.82) is 0 Å². The Morgan fingerprint density at radius 1 is 0.172 bits per heavy atom. The largest absolute Gasteiger partial charge is 0.378 e. The zero-order chi connectivity index (χ0) is 99.5. The Morgan fingerprint density at radius 2 is 0.367 bits per heavy atom. The molecule has 0 bridgehead atoms. The lowest BCUT2D eigenvalue weighted by molar-refractivity contribution is -0.126. The second-order valence-electron chi connectivity index (χ2n) is 31.3. The van der Waals surface area contributed by atoms with E-state index < -0.39 is 0 Å². The molecule has 0 aromatic heterocycles. The van der Waals surface area contributed by atoms with Gasteiger partial charge in [-0.1, -0.05) is 321 Å². The van der Waals surface area contributed by atoms with Crippen molar-refractivity contribution in [3.63, 3.8) is 0 Å². The molecule has 0 atom stereocenters. The van der Waals surface area contributed by atoms with Crippen molar-refractivity contribution in [3.05, 3.63) is 85.4 Å². The van der Waals surface area contributed by atoms with Crippen LogP contribution in [0, 0.1) is 0 Å². The van der Waals surface area contributed by atoms with E-state index in [-0.39, 0.29) is 14.9 Å². The molecule has 13 aliphatic heterocycles. The van der Waals surface area contributed by atoms with Gasteiger partial charge in [-0.15, -0.1) is 0 Å². The molecule has 13 rings (SSSR count). The molecule has 0 N–H and O–H groups in total. The van der Waals surface area contributed by atoms with E-state index in [1.54, 1.807) is 4.90 Å². The Morgan fingerprint density at radius 3 is 0.641 bits per heavy atom. The fourth-order valence-electron chi connectivity index (χ4n) is 13.2. The summed E-state index contributed by atoms with van der Waals surface area (Å²) in [6.45, 7) is 91.3. The molecule has 782 valence electrons. The summed E-state index contributed by atoms with van der Waals surface area (Å²) in [7, 11) is 27.8. The maximum Gasteiger partial charge on any atom is 0.222 e. The maximum absolute atomic E-state index is 10.5. The monoisotopic (exact) mass is 1820 g/mol. The zero-order valence-corrected chi connectivity index (χ0v) is 95.0. The van der Waals surface area contributed by atoms with Crippen LogP contribution in [0.1, 0.15) is 426 Å². The number of piperidine rings is 3. The highest BCUT2D eigenvalue weighted by Crippen LogP contribution is 2.18. The third kappa shape index (κ3) is 131. The summed E-state index contributed by atoms with van der Waals surface area (Å²) in [6.07, 6.45) is 66.0. The minimum atomic E-state index is 0. The molecular weight excluding hydrogens is 1570 g/mol. The van der Waals surface area contributed by atoms with Crippen molar-refractivity contribution in [2.75, 3.05) is 236 Å². The number of likely N-dealkylation sites (tertiary alicyclic amines) is 9. The number of amides is 1. The first-order chi connectivity index (χ1) is 61.3. The number of carbonyl (C=O) groups is 1. The molecule has 128 heavy (non-hydrogen) atoms. The highest BCUT2D eigenvalue weighted by Gasteiger charge is 2.15. The van der Waals surface area contributed by atoms with E-state index in [1.165, 1.54) is 340 Å². The van der Waals surface area contributed by atoms with Gasteiger partial charge in [-0.05, 0) is 315 Å². The summed E-state index contributed by atoms with van der Waals surface area (Å²) in [6, 6.07) is 0. The number of hydrogen-bond donors (Lipinski definition) is 0. The fourth-order valence-corrected chi connectivity index (χ4v) is 13.2. The van der Waals surface area contributed by atoms with Gasteiger partial charge >= 0.3 is 0 Å². The lowest BCUT2D eigenvalue weighted by Crippen LogP contribution is -2.24. The van der Waals surface area contributed by atoms with E-state index in [4.69, 9.17) is 0 Å². The second kappa shape index (κ2) is 144. The van der Waals surface area contributed by atoms with Crippen LogP contribution < -0.4 is 0 Å². The summed E-state index contributed by atoms with van der Waals surface area (Å²) in [5.41, 5.74) is 3.86. The van der Waals surface area contributed by atoms with Gasteiger partial charge in [-0.3, -0.25) is 4.79 Å². The van der Waals surface area contributed by atoms with Gasteiger partial charge in [0.25, 0.3) is 0 Å². The van der Waals surface area contributed by atoms with Gasteiger partial charge in [0.05, 0.1) is 0 Å². The fraction of sp³-hybridized carbons (Fsp3) is 0.868. The smallest absolute Gasteiger partial charge is 0.222 e. The number of likely N-dealkylation sites (N-methyl/N-ethyl adjacent to an activating group) is 3. The molecule has 0 aromatic carbocycles. The predicted octanol–water partition coefficient (Wildman–Crippen LogP) is 31.1. The van der Waals surface area contributed by atoms with E-state index in [0.29, 0.717) is 5.91 Å². The Balaban J connectivity index is -0.0000000813. The van der Waals surface area contributed by atoms with Crippen molar-refractivity contribution >= 4 is 5.91 Å². The van der Waals surface area contributed by atoms with Crippen molar-refractivity contribution in [2.24, 2.45) is 0 Å². The lowest BCUT2D eigenvalue weighted by Gasteiger charge is -2.26. The van der Waals surface area contributed by atoms with E-state index in [9.17, 15) is 4.79 Å². The molecular formula is C114H255N13O. The summed E-state index contributed by atoms with van der Waals surface area (Å²) in [5, 5.41) is 0. The van der Waals surface area contributed by atoms with Crippen LogP contribution in [-0.2, 0) is 4.79 Å². The number of hydrogen-bond acceptors (Lipinski definition) is 13. The van der Waals surface area contributed by atoms with E-state index in [0.717, 1.165) is 51.9 Å². The van der Waals surface area contributed by atoms with Crippen molar-refractivity contribution in [2.45, 2.75) is 426 Å². The van der Waals surface area contributed by atoms with Crippen LogP contribution in [0.2, 0.25) is 0 Å². The molecule has 0 saturated carbocycles. The third-order valence-electron chi connectivity index (χ3n) is 21.0. The molecule has 13 heterocycles. The summed E-state index contributed by atoms with van der Waals surface area (Å²) in [4.78, 5) is 40.4. The lowest BCUT2D eigenvalue weighted by atomic mass is 10.1. The Bertz CT molecular complexity index is 1940. The Hall–Kier alpha value is -3.31. The first-order valence-electron chi connectivity index (χ1n) is 54.4. The maximum atomic E-state index is 10.5. The van der Waals surface area contributed by atoms with Crippen LogP contribution in [0.4, 0.5) is 0 Å². The Labute approximate surface area is 816 Å².